The highest BCUT2D eigenvalue weighted by atomic mass is 32.2. The van der Waals surface area contributed by atoms with E-state index in [9.17, 15) is 4.79 Å². The number of carbonyl (C=O) groups excluding carboxylic acids is 1. The fourth-order valence-corrected chi connectivity index (χ4v) is 3.45. The van der Waals surface area contributed by atoms with Crippen LogP contribution in [0.4, 0.5) is 0 Å². The number of aromatic nitrogens is 2. The summed E-state index contributed by atoms with van der Waals surface area (Å²) in [6.07, 6.45) is 7.07. The van der Waals surface area contributed by atoms with Crippen LogP contribution in [0, 0.1) is 0 Å². The summed E-state index contributed by atoms with van der Waals surface area (Å²) >= 11 is 1.82. The highest BCUT2D eigenvalue weighted by Gasteiger charge is 2.22. The summed E-state index contributed by atoms with van der Waals surface area (Å²) in [5.41, 5.74) is 0.923. The van der Waals surface area contributed by atoms with E-state index in [1.165, 1.54) is 12.8 Å². The van der Waals surface area contributed by atoms with Crippen LogP contribution in [0.25, 0.3) is 0 Å². The molecule has 0 saturated carbocycles. The molecule has 0 aromatic carbocycles. The zero-order valence-corrected chi connectivity index (χ0v) is 12.1. The maximum atomic E-state index is 12.1. The van der Waals surface area contributed by atoms with Gasteiger partial charge in [-0.3, -0.25) is 9.48 Å². The van der Waals surface area contributed by atoms with Gasteiger partial charge in [0, 0.05) is 12.2 Å². The highest BCUT2D eigenvalue weighted by molar-refractivity contribution is 8.00. The number of ketones is 1. The summed E-state index contributed by atoms with van der Waals surface area (Å²) in [4.78, 5) is 12.1. The number of hydrogen-bond donors (Lipinski definition) is 0. The first kappa shape index (κ1) is 13.7. The van der Waals surface area contributed by atoms with Gasteiger partial charge in [0.2, 0.25) is 0 Å². The molecule has 1 fully saturated rings. The molecule has 0 N–H and O–H groups in total. The molecule has 1 aromatic heterocycles. The fourth-order valence-electron chi connectivity index (χ4n) is 2.19. The van der Waals surface area contributed by atoms with E-state index in [-0.39, 0.29) is 5.25 Å². The second kappa shape index (κ2) is 6.41. The predicted molar refractivity (Wildman–Crippen MR) is 76.0 cm³/mol. The van der Waals surface area contributed by atoms with E-state index < -0.39 is 0 Å². The van der Waals surface area contributed by atoms with Crippen molar-refractivity contribution < 1.29 is 4.79 Å². The third-order valence-corrected chi connectivity index (χ3v) is 5.03. The largest absolute Gasteiger partial charge is 0.298 e. The number of hydrogen-bond acceptors (Lipinski definition) is 3. The van der Waals surface area contributed by atoms with Crippen molar-refractivity contribution in [2.75, 3.05) is 5.75 Å². The van der Waals surface area contributed by atoms with Crippen molar-refractivity contribution in [2.45, 2.75) is 57.2 Å². The van der Waals surface area contributed by atoms with Gasteiger partial charge in [-0.25, -0.2) is 0 Å². The Morgan fingerprint density at radius 1 is 1.61 bits per heavy atom. The van der Waals surface area contributed by atoms with E-state index in [2.05, 4.69) is 18.9 Å². The monoisotopic (exact) mass is 266 g/mol. The van der Waals surface area contributed by atoms with E-state index in [0.29, 0.717) is 18.2 Å². The first-order valence-electron chi connectivity index (χ1n) is 6.89. The van der Waals surface area contributed by atoms with E-state index >= 15 is 0 Å². The van der Waals surface area contributed by atoms with Gasteiger partial charge in [-0.05, 0) is 38.0 Å². The number of Topliss-reactive ketones (excluding diaryl/α,β-unsaturated/α-hetero) is 1. The normalized spacial score (nSPS) is 21.8. The van der Waals surface area contributed by atoms with Crippen molar-refractivity contribution in [3.63, 3.8) is 0 Å². The highest BCUT2D eigenvalue weighted by Crippen LogP contribution is 2.26. The molecule has 4 heteroatoms. The Morgan fingerprint density at radius 2 is 2.44 bits per heavy atom. The second-order valence-corrected chi connectivity index (χ2v) is 6.35. The van der Waals surface area contributed by atoms with Crippen LogP contribution in [0.15, 0.2) is 12.3 Å². The van der Waals surface area contributed by atoms with Crippen molar-refractivity contribution >= 4 is 17.5 Å². The maximum Gasteiger partial charge on any atom is 0.151 e. The molecule has 0 aliphatic carbocycles. The van der Waals surface area contributed by atoms with Gasteiger partial charge in [0.25, 0.3) is 0 Å². The molecule has 2 unspecified atom stereocenters. The summed E-state index contributed by atoms with van der Waals surface area (Å²) in [5.74, 6) is 1.49. The van der Waals surface area contributed by atoms with Crippen LogP contribution in [0.3, 0.4) is 0 Å². The van der Waals surface area contributed by atoms with Gasteiger partial charge < -0.3 is 0 Å². The maximum absolute atomic E-state index is 12.1. The minimum absolute atomic E-state index is 0.215. The smallest absolute Gasteiger partial charge is 0.151 e. The minimum atomic E-state index is 0.215. The van der Waals surface area contributed by atoms with Gasteiger partial charge in [-0.1, -0.05) is 13.3 Å². The summed E-state index contributed by atoms with van der Waals surface area (Å²) in [5, 5.41) is 4.72. The van der Waals surface area contributed by atoms with Gasteiger partial charge in [0.05, 0.1) is 17.4 Å². The van der Waals surface area contributed by atoms with Gasteiger partial charge in [-0.2, -0.15) is 16.9 Å². The molecule has 0 spiro atoms. The Balaban J connectivity index is 1.92. The zero-order valence-electron chi connectivity index (χ0n) is 11.3. The molecule has 0 amide bonds. The number of rotatable bonds is 5. The fraction of sp³-hybridized carbons (Fsp3) is 0.714. The van der Waals surface area contributed by atoms with Crippen molar-refractivity contribution in [1.29, 1.82) is 0 Å². The third-order valence-electron chi connectivity index (χ3n) is 3.60. The van der Waals surface area contributed by atoms with Crippen LogP contribution >= 0.6 is 11.8 Å². The summed E-state index contributed by atoms with van der Waals surface area (Å²) < 4.78 is 1.97. The molecular weight excluding hydrogens is 244 g/mol. The molecule has 1 aliphatic rings. The molecule has 1 aliphatic heterocycles. The Labute approximate surface area is 113 Å². The van der Waals surface area contributed by atoms with Crippen LogP contribution in [-0.2, 0) is 11.2 Å². The molecule has 1 saturated heterocycles. The first-order chi connectivity index (χ1) is 8.70. The molecule has 0 radical (unpaired) electrons. The van der Waals surface area contributed by atoms with E-state index in [1.807, 2.05) is 28.7 Å². The quantitative estimate of drug-likeness (QED) is 0.820. The predicted octanol–water partition coefficient (Wildman–Crippen LogP) is 3.25. The van der Waals surface area contributed by atoms with Crippen LogP contribution in [0.2, 0.25) is 0 Å². The topological polar surface area (TPSA) is 34.9 Å². The Bertz CT molecular complexity index is 396. The lowest BCUT2D eigenvalue weighted by atomic mass is 10.1. The van der Waals surface area contributed by atoms with E-state index in [4.69, 9.17) is 0 Å². The zero-order chi connectivity index (χ0) is 13.0. The molecule has 2 atom stereocenters. The first-order valence-corrected chi connectivity index (χ1v) is 7.94. The van der Waals surface area contributed by atoms with E-state index in [1.54, 1.807) is 0 Å². The van der Waals surface area contributed by atoms with Crippen molar-refractivity contribution in [1.82, 2.24) is 9.78 Å². The van der Waals surface area contributed by atoms with Crippen LogP contribution in [-0.4, -0.2) is 26.6 Å². The number of thioether (sulfide) groups is 1. The van der Waals surface area contributed by atoms with E-state index in [0.717, 1.165) is 24.3 Å². The molecule has 100 valence electrons. The lowest BCUT2D eigenvalue weighted by Crippen LogP contribution is -2.22. The molecular formula is C14H22N2OS. The minimum Gasteiger partial charge on any atom is -0.298 e. The Kier molecular flexibility index (Phi) is 4.87. The average Bonchev–Trinajstić information content (AvgIpc) is 2.87. The molecule has 3 nitrogen and oxygen atoms in total. The third kappa shape index (κ3) is 3.37. The molecule has 1 aromatic rings. The Hall–Kier alpha value is -0.770. The molecule has 2 rings (SSSR count). The lowest BCUT2D eigenvalue weighted by molar-refractivity contribution is -0.118. The summed E-state index contributed by atoms with van der Waals surface area (Å²) in [6.45, 7) is 4.30. The lowest BCUT2D eigenvalue weighted by Gasteiger charge is -2.19. The van der Waals surface area contributed by atoms with Crippen LogP contribution in [0.5, 0.6) is 0 Å². The average molecular weight is 266 g/mol. The van der Waals surface area contributed by atoms with Gasteiger partial charge in [0.15, 0.2) is 5.78 Å². The van der Waals surface area contributed by atoms with Crippen LogP contribution in [0.1, 0.15) is 51.3 Å². The van der Waals surface area contributed by atoms with Crippen LogP contribution < -0.4 is 0 Å². The Morgan fingerprint density at radius 3 is 3.11 bits per heavy atom. The van der Waals surface area contributed by atoms with Crippen molar-refractivity contribution in [2.24, 2.45) is 0 Å². The van der Waals surface area contributed by atoms with Gasteiger partial charge >= 0.3 is 0 Å². The SMILES string of the molecule is CCC(C)n1ccc(CC(=O)C2CCCCS2)n1. The summed E-state index contributed by atoms with van der Waals surface area (Å²) in [7, 11) is 0. The number of nitrogens with zero attached hydrogens (tertiary/aromatic N) is 2. The number of carbonyl (C=O) groups is 1. The molecule has 0 bridgehead atoms. The molecule has 2 heterocycles. The van der Waals surface area contributed by atoms with Gasteiger partial charge in [-0.15, -0.1) is 0 Å². The summed E-state index contributed by atoms with van der Waals surface area (Å²) in [6, 6.07) is 2.40. The van der Waals surface area contributed by atoms with Gasteiger partial charge in [0.1, 0.15) is 0 Å². The van der Waals surface area contributed by atoms with Crippen molar-refractivity contribution in [3.05, 3.63) is 18.0 Å². The second-order valence-electron chi connectivity index (χ2n) is 5.04. The van der Waals surface area contributed by atoms with Crippen molar-refractivity contribution in [3.8, 4) is 0 Å². The standard InChI is InChI=1S/C14H22N2OS/c1-3-11(2)16-8-7-12(15-16)10-13(17)14-6-4-5-9-18-14/h7-8,11,14H,3-6,9-10H2,1-2H3. The molecule has 18 heavy (non-hydrogen) atoms.